The fourth-order valence-corrected chi connectivity index (χ4v) is 3.45. The van der Waals surface area contributed by atoms with Gasteiger partial charge in [0.2, 0.25) is 0 Å². The molecule has 12 heavy (non-hydrogen) atoms. The largest absolute Gasteiger partial charge is 0.312 e. The average Bonchev–Trinajstić information content (AvgIpc) is 2.84. The van der Waals surface area contributed by atoms with E-state index in [1.807, 2.05) is 0 Å². The normalized spacial score (nSPS) is 43.9. The Balaban J connectivity index is 2.03. The highest BCUT2D eigenvalue weighted by atomic mass is 32.2. The van der Waals surface area contributed by atoms with Crippen LogP contribution in [-0.2, 0) is 10.8 Å². The van der Waals surface area contributed by atoms with Crippen LogP contribution in [0.4, 0.5) is 0 Å². The number of hydrogen-bond acceptors (Lipinski definition) is 2. The summed E-state index contributed by atoms with van der Waals surface area (Å²) in [7, 11) is -0.575. The van der Waals surface area contributed by atoms with Crippen molar-refractivity contribution in [2.75, 3.05) is 12.3 Å². The number of nitrogens with one attached hydrogen (secondary N) is 1. The topological polar surface area (TPSA) is 29.1 Å². The molecule has 3 atom stereocenters. The monoisotopic (exact) mass is 187 g/mol. The van der Waals surface area contributed by atoms with Gasteiger partial charge < -0.3 is 5.32 Å². The van der Waals surface area contributed by atoms with E-state index in [1.54, 1.807) is 0 Å². The lowest BCUT2D eigenvalue weighted by molar-refractivity contribution is 0.464. The van der Waals surface area contributed by atoms with E-state index < -0.39 is 10.8 Å². The fourth-order valence-electron chi connectivity index (χ4n) is 2.00. The maximum Gasteiger partial charge on any atom is 0.0475 e. The molecule has 2 fully saturated rings. The molecule has 0 aromatic heterocycles. The summed E-state index contributed by atoms with van der Waals surface area (Å²) in [6.07, 6.45) is 3.78. The molecule has 70 valence electrons. The minimum Gasteiger partial charge on any atom is -0.312 e. The summed E-state index contributed by atoms with van der Waals surface area (Å²) in [5.41, 5.74) is 0. The van der Waals surface area contributed by atoms with Gasteiger partial charge in [0, 0.05) is 27.8 Å². The first kappa shape index (κ1) is 8.70. The van der Waals surface area contributed by atoms with Crippen molar-refractivity contribution < 1.29 is 4.21 Å². The summed E-state index contributed by atoms with van der Waals surface area (Å²) < 4.78 is 11.6. The molecule has 1 N–H and O–H groups in total. The van der Waals surface area contributed by atoms with Crippen LogP contribution < -0.4 is 5.32 Å². The van der Waals surface area contributed by atoms with Gasteiger partial charge >= 0.3 is 0 Å². The summed E-state index contributed by atoms with van der Waals surface area (Å²) in [6, 6.07) is 0.549. The predicted octanol–water partition coefficient (Wildman–Crippen LogP) is 0.895. The second kappa shape index (κ2) is 3.46. The van der Waals surface area contributed by atoms with Crippen molar-refractivity contribution in [2.24, 2.45) is 5.92 Å². The molecule has 1 heterocycles. The highest BCUT2D eigenvalue weighted by Crippen LogP contribution is 2.35. The smallest absolute Gasteiger partial charge is 0.0475 e. The van der Waals surface area contributed by atoms with Crippen molar-refractivity contribution in [3.63, 3.8) is 0 Å². The third-order valence-electron chi connectivity index (χ3n) is 2.95. The molecule has 0 amide bonds. The van der Waals surface area contributed by atoms with Crippen molar-refractivity contribution in [3.8, 4) is 0 Å². The molecule has 0 radical (unpaired) electrons. The standard InChI is InChI=1S/C9H17NOS/c1-7-9(8-3-4-8)10-5-2-6-12(7)11/h7-10H,2-6H2,1H3. The Morgan fingerprint density at radius 2 is 2.17 bits per heavy atom. The van der Waals surface area contributed by atoms with Gasteiger partial charge in [0.05, 0.1) is 0 Å². The first-order valence-corrected chi connectivity index (χ1v) is 6.28. The molecule has 2 aliphatic rings. The Labute approximate surface area is 76.6 Å². The molecule has 2 nitrogen and oxygen atoms in total. The van der Waals surface area contributed by atoms with Gasteiger partial charge in [0.25, 0.3) is 0 Å². The van der Waals surface area contributed by atoms with Crippen LogP contribution in [0.15, 0.2) is 0 Å². The zero-order valence-electron chi connectivity index (χ0n) is 7.58. The van der Waals surface area contributed by atoms with Gasteiger partial charge in [-0.1, -0.05) is 0 Å². The Morgan fingerprint density at radius 1 is 1.42 bits per heavy atom. The van der Waals surface area contributed by atoms with Crippen molar-refractivity contribution in [1.29, 1.82) is 0 Å². The second-order valence-electron chi connectivity index (χ2n) is 3.96. The molecule has 3 unspecified atom stereocenters. The van der Waals surface area contributed by atoms with Crippen molar-refractivity contribution in [1.82, 2.24) is 5.32 Å². The van der Waals surface area contributed by atoms with Crippen LogP contribution in [-0.4, -0.2) is 27.8 Å². The lowest BCUT2D eigenvalue weighted by Crippen LogP contribution is -2.40. The minimum absolute atomic E-state index is 0.375. The molecule has 3 heteroatoms. The minimum atomic E-state index is -0.575. The molecular weight excluding hydrogens is 170 g/mol. The fraction of sp³-hybridized carbons (Fsp3) is 1.00. The van der Waals surface area contributed by atoms with Crippen LogP contribution in [0.5, 0.6) is 0 Å². The van der Waals surface area contributed by atoms with Crippen LogP contribution in [0.25, 0.3) is 0 Å². The van der Waals surface area contributed by atoms with Crippen molar-refractivity contribution in [3.05, 3.63) is 0 Å². The van der Waals surface area contributed by atoms with Crippen LogP contribution >= 0.6 is 0 Å². The van der Waals surface area contributed by atoms with Crippen LogP contribution in [0.1, 0.15) is 26.2 Å². The van der Waals surface area contributed by atoms with E-state index in [0.717, 1.165) is 24.6 Å². The zero-order chi connectivity index (χ0) is 8.55. The summed E-state index contributed by atoms with van der Waals surface area (Å²) in [5, 5.41) is 3.91. The summed E-state index contributed by atoms with van der Waals surface area (Å²) >= 11 is 0. The van der Waals surface area contributed by atoms with Gasteiger partial charge in [-0.15, -0.1) is 0 Å². The van der Waals surface area contributed by atoms with Crippen LogP contribution in [0.3, 0.4) is 0 Å². The van der Waals surface area contributed by atoms with E-state index in [-0.39, 0.29) is 0 Å². The first-order chi connectivity index (χ1) is 5.79. The Morgan fingerprint density at radius 3 is 2.83 bits per heavy atom. The molecule has 2 rings (SSSR count). The Bertz CT molecular complexity index is 191. The van der Waals surface area contributed by atoms with E-state index in [9.17, 15) is 4.21 Å². The summed E-state index contributed by atoms with van der Waals surface area (Å²) in [4.78, 5) is 0. The molecule has 1 aliphatic carbocycles. The van der Waals surface area contributed by atoms with Gasteiger partial charge in [0.15, 0.2) is 0 Å². The number of hydrogen-bond donors (Lipinski definition) is 1. The molecule has 1 saturated heterocycles. The molecule has 0 aromatic rings. The molecule has 0 aromatic carbocycles. The van der Waals surface area contributed by atoms with E-state index in [0.29, 0.717) is 11.3 Å². The van der Waals surface area contributed by atoms with Gasteiger partial charge in [0.1, 0.15) is 0 Å². The maximum absolute atomic E-state index is 11.6. The SMILES string of the molecule is CC1C(C2CC2)NCCCS1=O. The van der Waals surface area contributed by atoms with Crippen LogP contribution in [0, 0.1) is 5.92 Å². The number of rotatable bonds is 1. The van der Waals surface area contributed by atoms with Gasteiger partial charge in [-0.2, -0.15) is 0 Å². The van der Waals surface area contributed by atoms with Gasteiger partial charge in [-0.3, -0.25) is 4.21 Å². The van der Waals surface area contributed by atoms with E-state index in [2.05, 4.69) is 12.2 Å². The van der Waals surface area contributed by atoms with Crippen molar-refractivity contribution >= 4 is 10.8 Å². The molecule has 1 saturated carbocycles. The van der Waals surface area contributed by atoms with Crippen molar-refractivity contribution in [2.45, 2.75) is 37.5 Å². The van der Waals surface area contributed by atoms with E-state index in [1.165, 1.54) is 12.8 Å². The second-order valence-corrected chi connectivity index (χ2v) is 5.87. The predicted molar refractivity (Wildman–Crippen MR) is 51.6 cm³/mol. The molecule has 0 spiro atoms. The van der Waals surface area contributed by atoms with Gasteiger partial charge in [-0.25, -0.2) is 0 Å². The van der Waals surface area contributed by atoms with E-state index in [4.69, 9.17) is 0 Å². The lowest BCUT2D eigenvalue weighted by Gasteiger charge is -2.20. The molecule has 1 aliphatic heterocycles. The molecule has 0 bridgehead atoms. The highest BCUT2D eigenvalue weighted by molar-refractivity contribution is 7.85. The Hall–Kier alpha value is 0.110. The van der Waals surface area contributed by atoms with Crippen LogP contribution in [0.2, 0.25) is 0 Å². The zero-order valence-corrected chi connectivity index (χ0v) is 8.40. The quantitative estimate of drug-likeness (QED) is 0.660. The third-order valence-corrected chi connectivity index (χ3v) is 4.77. The highest BCUT2D eigenvalue weighted by Gasteiger charge is 2.37. The summed E-state index contributed by atoms with van der Waals surface area (Å²) in [5.74, 6) is 1.74. The summed E-state index contributed by atoms with van der Waals surface area (Å²) in [6.45, 7) is 3.20. The average molecular weight is 187 g/mol. The first-order valence-electron chi connectivity index (χ1n) is 4.89. The third kappa shape index (κ3) is 1.72. The maximum atomic E-state index is 11.6. The Kier molecular flexibility index (Phi) is 2.51. The van der Waals surface area contributed by atoms with E-state index >= 15 is 0 Å². The molecular formula is C9H17NOS. The van der Waals surface area contributed by atoms with Gasteiger partial charge in [-0.05, 0) is 38.6 Å². The lowest BCUT2D eigenvalue weighted by atomic mass is 10.1.